The molecule has 0 saturated heterocycles. The van der Waals surface area contributed by atoms with Gasteiger partial charge >= 0.3 is 12.3 Å². The molecule has 2 aliphatic carbocycles. The Balaban J connectivity index is 2.29. The fourth-order valence-electron chi connectivity index (χ4n) is 4.72. The van der Waals surface area contributed by atoms with Crippen LogP contribution in [0.3, 0.4) is 0 Å². The summed E-state index contributed by atoms with van der Waals surface area (Å²) in [6.45, 7) is 5.27. The highest BCUT2D eigenvalue weighted by atomic mass is 127. The first-order valence-electron chi connectivity index (χ1n) is 12.5. The van der Waals surface area contributed by atoms with Crippen LogP contribution in [-0.2, 0) is 4.74 Å². The van der Waals surface area contributed by atoms with E-state index in [4.69, 9.17) is 11.6 Å². The van der Waals surface area contributed by atoms with Crippen molar-refractivity contribution >= 4 is 34.2 Å². The Bertz CT molecular complexity index is 1150. The van der Waals surface area contributed by atoms with Crippen LogP contribution in [-0.4, -0.2) is 41.0 Å². The minimum Gasteiger partial charge on any atom is -0.313 e. The van der Waals surface area contributed by atoms with E-state index in [0.29, 0.717) is 10.5 Å². The minimum atomic E-state index is -5.37. The van der Waals surface area contributed by atoms with E-state index < -0.39 is 108 Å². The van der Waals surface area contributed by atoms with Crippen molar-refractivity contribution in [3.8, 4) is 0 Å². The number of ether oxygens (including phenoxy) is 1. The monoisotopic (exact) mass is 750 g/mol. The smallest absolute Gasteiger partial charge is 0.313 e. The lowest BCUT2D eigenvalue weighted by atomic mass is 9.79. The maximum Gasteiger partial charge on any atom is 0.417 e. The van der Waals surface area contributed by atoms with Crippen molar-refractivity contribution in [2.75, 3.05) is 11.1 Å². The number of hydrogen-bond donors (Lipinski definition) is 0. The predicted molar refractivity (Wildman–Crippen MR) is 147 cm³/mol. The van der Waals surface area contributed by atoms with Crippen molar-refractivity contribution in [1.29, 1.82) is 0 Å². The summed E-state index contributed by atoms with van der Waals surface area (Å²) in [5, 5.41) is -1.28. The molecule has 2 rings (SSSR count). The van der Waals surface area contributed by atoms with Gasteiger partial charge in [-0.25, -0.2) is 22.0 Å². The molecule has 0 aromatic rings. The molecule has 0 N–H and O–H groups in total. The van der Waals surface area contributed by atoms with Crippen molar-refractivity contribution in [2.45, 2.75) is 55.6 Å². The van der Waals surface area contributed by atoms with Crippen molar-refractivity contribution in [3.63, 3.8) is 0 Å². The summed E-state index contributed by atoms with van der Waals surface area (Å²) in [7, 11) is 0. The Morgan fingerprint density at radius 3 is 2.33 bits per heavy atom. The topological polar surface area (TPSA) is 9.23 Å². The van der Waals surface area contributed by atoms with Gasteiger partial charge in [0, 0.05) is 29.1 Å². The Hall–Kier alpha value is -1.61. The molecule has 0 radical (unpaired) electrons. The molecule has 0 fully saturated rings. The first-order valence-corrected chi connectivity index (χ1v) is 14.5. The van der Waals surface area contributed by atoms with Gasteiger partial charge in [-0.3, -0.25) is 4.39 Å². The summed E-state index contributed by atoms with van der Waals surface area (Å²) in [6, 6.07) is 0. The molecule has 14 heteroatoms. The van der Waals surface area contributed by atoms with Crippen molar-refractivity contribution in [1.82, 2.24) is 0 Å². The molecular weight excluding hydrogens is 724 g/mol. The Kier molecular flexibility index (Phi) is 13.4. The summed E-state index contributed by atoms with van der Waals surface area (Å²) < 4.78 is 158. The third kappa shape index (κ3) is 9.20. The SMILES string of the molecule is C=CC[C@H](C1=CC(Cl)[C@H]([C@@H](/C=C(/F)C(=C)C(F)(F)O[C@@H]2CC(F)=C(C(F)(F)F)C(F)C2)CCF)C(F)=C1)/C(F)=C\CI. The van der Waals surface area contributed by atoms with Crippen molar-refractivity contribution in [3.05, 3.63) is 83.6 Å². The van der Waals surface area contributed by atoms with Crippen LogP contribution in [0.15, 0.2) is 83.6 Å². The quantitative estimate of drug-likeness (QED) is 0.0599. The molecule has 0 spiro atoms. The van der Waals surface area contributed by atoms with Crippen LogP contribution < -0.4 is 0 Å². The van der Waals surface area contributed by atoms with Crippen LogP contribution >= 0.6 is 34.2 Å². The highest BCUT2D eigenvalue weighted by Gasteiger charge is 2.49. The molecule has 236 valence electrons. The van der Waals surface area contributed by atoms with Gasteiger partial charge in [-0.05, 0) is 42.6 Å². The molecule has 0 aromatic heterocycles. The molecule has 0 heterocycles. The van der Waals surface area contributed by atoms with Crippen LogP contribution in [0.2, 0.25) is 0 Å². The second kappa shape index (κ2) is 15.4. The van der Waals surface area contributed by atoms with Crippen molar-refractivity contribution in [2.24, 2.45) is 17.8 Å². The number of rotatable bonds is 13. The molecule has 42 heavy (non-hydrogen) atoms. The second-order valence-corrected chi connectivity index (χ2v) is 11.0. The third-order valence-electron chi connectivity index (χ3n) is 6.73. The average molecular weight is 751 g/mol. The van der Waals surface area contributed by atoms with Gasteiger partial charge in [-0.15, -0.1) is 18.2 Å². The van der Waals surface area contributed by atoms with Crippen LogP contribution in [0.5, 0.6) is 0 Å². The second-order valence-electron chi connectivity index (χ2n) is 9.60. The lowest BCUT2D eigenvalue weighted by Crippen LogP contribution is -2.37. The summed E-state index contributed by atoms with van der Waals surface area (Å²) >= 11 is 8.24. The molecule has 2 aliphatic rings. The van der Waals surface area contributed by atoms with Gasteiger partial charge in [-0.2, -0.15) is 22.0 Å². The van der Waals surface area contributed by atoms with Crippen LogP contribution in [0.25, 0.3) is 0 Å². The van der Waals surface area contributed by atoms with E-state index in [-0.39, 0.29) is 12.0 Å². The number of alkyl halides is 9. The fraction of sp³-hybridized carbons (Fsp3) is 0.500. The number of halogens is 13. The van der Waals surface area contributed by atoms with Crippen molar-refractivity contribution < 1.29 is 53.0 Å². The zero-order valence-corrected chi connectivity index (χ0v) is 24.7. The lowest BCUT2D eigenvalue weighted by molar-refractivity contribution is -0.240. The Morgan fingerprint density at radius 2 is 1.83 bits per heavy atom. The van der Waals surface area contributed by atoms with Crippen LogP contribution in [0.4, 0.5) is 48.3 Å². The van der Waals surface area contributed by atoms with E-state index in [2.05, 4.69) is 17.9 Å². The summed E-state index contributed by atoms with van der Waals surface area (Å²) in [4.78, 5) is 0. The van der Waals surface area contributed by atoms with E-state index >= 15 is 8.78 Å². The summed E-state index contributed by atoms with van der Waals surface area (Å²) in [6.07, 6.45) is -12.9. The van der Waals surface area contributed by atoms with Crippen LogP contribution in [0.1, 0.15) is 25.7 Å². The lowest BCUT2D eigenvalue weighted by Gasteiger charge is -2.32. The molecule has 6 atom stereocenters. The predicted octanol–water partition coefficient (Wildman–Crippen LogP) is 10.8. The molecular formula is C28H27ClF11IO. The number of hydrogen-bond acceptors (Lipinski definition) is 1. The zero-order chi connectivity index (χ0) is 32.0. The van der Waals surface area contributed by atoms with Gasteiger partial charge in [0.05, 0.1) is 29.3 Å². The highest BCUT2D eigenvalue weighted by Crippen LogP contribution is 2.44. The maximum absolute atomic E-state index is 15.3. The Morgan fingerprint density at radius 1 is 1.19 bits per heavy atom. The summed E-state index contributed by atoms with van der Waals surface area (Å²) in [5.41, 5.74) is -3.68. The average Bonchev–Trinajstić information content (AvgIpc) is 2.84. The van der Waals surface area contributed by atoms with E-state index in [1.54, 1.807) is 0 Å². The molecule has 1 nitrogen and oxygen atoms in total. The zero-order valence-electron chi connectivity index (χ0n) is 21.8. The first-order chi connectivity index (χ1) is 19.5. The largest absolute Gasteiger partial charge is 0.417 e. The fourth-order valence-corrected chi connectivity index (χ4v) is 5.60. The minimum absolute atomic E-state index is 0.0849. The van der Waals surface area contributed by atoms with Gasteiger partial charge in [-0.1, -0.05) is 41.3 Å². The van der Waals surface area contributed by atoms with E-state index in [9.17, 15) is 39.5 Å². The van der Waals surface area contributed by atoms with Crippen LogP contribution in [0, 0.1) is 17.8 Å². The van der Waals surface area contributed by atoms with Gasteiger partial charge in [0.25, 0.3) is 0 Å². The molecule has 0 saturated carbocycles. The molecule has 0 bridgehead atoms. The molecule has 2 unspecified atom stereocenters. The van der Waals surface area contributed by atoms with Gasteiger partial charge in [0.1, 0.15) is 29.5 Å². The van der Waals surface area contributed by atoms with Gasteiger partial charge in [0.2, 0.25) is 0 Å². The normalized spacial score (nSPS) is 26.0. The van der Waals surface area contributed by atoms with E-state index in [1.807, 2.05) is 22.6 Å². The third-order valence-corrected chi connectivity index (χ3v) is 7.57. The first kappa shape index (κ1) is 36.6. The molecule has 0 aliphatic heterocycles. The Labute approximate surface area is 254 Å². The standard InChI is InChI=1S/C28H27ClF11IO/c1-3-4-18(20(31)6-8-41)16-9-19(29)25(22(33)11-16)15(5-7-30)10-21(32)14(2)28(39,40)42-17-12-23(34)26(24(35)13-17)27(36,37)38/h3,6,9-11,15,17-19,23,25H,1-2,4-5,7-8,12-13H2/b20-6+,21-10+/t15-,17+,18-,19?,23?,25+/m1/s1. The molecule has 0 amide bonds. The van der Waals surface area contributed by atoms with Gasteiger partial charge in [0.15, 0.2) is 0 Å². The molecule has 0 aromatic carbocycles. The van der Waals surface area contributed by atoms with Gasteiger partial charge < -0.3 is 4.74 Å². The maximum atomic E-state index is 15.3. The van der Waals surface area contributed by atoms with E-state index in [0.717, 1.165) is 6.08 Å². The number of allylic oxidation sites excluding steroid dienone is 9. The summed E-state index contributed by atoms with van der Waals surface area (Å²) in [5.74, 6) is -9.22. The van der Waals surface area contributed by atoms with E-state index in [1.165, 1.54) is 18.2 Å². The highest BCUT2D eigenvalue weighted by molar-refractivity contribution is 14.1.